The zero-order chi connectivity index (χ0) is 11.9. The molecule has 0 radical (unpaired) electrons. The van der Waals surface area contributed by atoms with E-state index in [1.165, 1.54) is 5.56 Å². The first-order valence-electron chi connectivity index (χ1n) is 5.26. The Balaban J connectivity index is 3.01. The van der Waals surface area contributed by atoms with E-state index in [0.717, 1.165) is 4.88 Å². The van der Waals surface area contributed by atoms with E-state index in [0.29, 0.717) is 0 Å². The minimum absolute atomic E-state index is 0.132. The van der Waals surface area contributed by atoms with E-state index in [9.17, 15) is 4.79 Å². The van der Waals surface area contributed by atoms with Crippen molar-refractivity contribution in [3.05, 3.63) is 21.9 Å². The van der Waals surface area contributed by atoms with Crippen molar-refractivity contribution in [2.75, 3.05) is 0 Å². The van der Waals surface area contributed by atoms with Crippen LogP contribution in [0.5, 0.6) is 0 Å². The topological polar surface area (TPSA) is 17.1 Å². The van der Waals surface area contributed by atoms with Gasteiger partial charge in [0.25, 0.3) is 0 Å². The van der Waals surface area contributed by atoms with Crippen molar-refractivity contribution in [3.8, 4) is 0 Å². The first-order chi connectivity index (χ1) is 6.62. The minimum atomic E-state index is -0.278. The number of rotatable bonds is 1. The van der Waals surface area contributed by atoms with Gasteiger partial charge in [0.1, 0.15) is 0 Å². The summed E-state index contributed by atoms with van der Waals surface area (Å²) in [5.74, 6) is 0.239. The first kappa shape index (κ1) is 12.4. The number of hydrogen-bond donors (Lipinski definition) is 0. The minimum Gasteiger partial charge on any atom is -0.293 e. The maximum atomic E-state index is 12.0. The molecule has 0 fully saturated rings. The van der Waals surface area contributed by atoms with E-state index in [1.807, 2.05) is 26.8 Å². The Morgan fingerprint density at radius 2 is 1.67 bits per heavy atom. The van der Waals surface area contributed by atoms with Crippen molar-refractivity contribution in [1.82, 2.24) is 0 Å². The fourth-order valence-corrected chi connectivity index (χ4v) is 2.50. The van der Waals surface area contributed by atoms with Crippen LogP contribution in [-0.4, -0.2) is 5.78 Å². The van der Waals surface area contributed by atoms with Gasteiger partial charge in [-0.3, -0.25) is 4.79 Å². The van der Waals surface area contributed by atoms with Gasteiger partial charge in [-0.1, -0.05) is 41.5 Å². The normalized spacial score (nSPS) is 12.9. The van der Waals surface area contributed by atoms with E-state index in [2.05, 4.69) is 26.2 Å². The quantitative estimate of drug-likeness (QED) is 0.651. The van der Waals surface area contributed by atoms with Crippen LogP contribution in [0.2, 0.25) is 0 Å². The zero-order valence-electron chi connectivity index (χ0n) is 10.5. The lowest BCUT2D eigenvalue weighted by Crippen LogP contribution is -2.19. The summed E-state index contributed by atoms with van der Waals surface area (Å²) in [5, 5.41) is 2.10. The second-order valence-electron chi connectivity index (χ2n) is 6.03. The number of carbonyl (C=O) groups excluding carboxylic acids is 1. The lowest BCUT2D eigenvalue weighted by Gasteiger charge is -2.17. The lowest BCUT2D eigenvalue weighted by atomic mass is 9.86. The Hall–Kier alpha value is -0.630. The molecule has 0 amide bonds. The largest absolute Gasteiger partial charge is 0.293 e. The Morgan fingerprint density at radius 3 is 2.00 bits per heavy atom. The van der Waals surface area contributed by atoms with Crippen LogP contribution in [0.25, 0.3) is 0 Å². The van der Waals surface area contributed by atoms with Crippen LogP contribution in [0.4, 0.5) is 0 Å². The van der Waals surface area contributed by atoms with Crippen molar-refractivity contribution in [2.24, 2.45) is 5.41 Å². The van der Waals surface area contributed by atoms with Gasteiger partial charge in [-0.05, 0) is 22.4 Å². The highest BCUT2D eigenvalue weighted by Gasteiger charge is 2.25. The smallest absolute Gasteiger partial charge is 0.178 e. The van der Waals surface area contributed by atoms with E-state index >= 15 is 0 Å². The molecule has 1 aromatic heterocycles. The molecule has 0 aliphatic rings. The van der Waals surface area contributed by atoms with Crippen molar-refractivity contribution >= 4 is 17.1 Å². The Morgan fingerprint density at radius 1 is 1.13 bits per heavy atom. The summed E-state index contributed by atoms with van der Waals surface area (Å²) in [6.45, 7) is 12.4. The van der Waals surface area contributed by atoms with Gasteiger partial charge in [0.05, 0.1) is 4.88 Å². The molecule has 0 atom stereocenters. The molecule has 0 unspecified atom stereocenters. The summed E-state index contributed by atoms with van der Waals surface area (Å²) in [7, 11) is 0. The standard InChI is InChI=1S/C13H20OS/c1-12(2,3)9-7-10(15-8-9)11(14)13(4,5)6/h7-8H,1-6H3. The summed E-state index contributed by atoms with van der Waals surface area (Å²) in [5.41, 5.74) is 1.10. The van der Waals surface area contributed by atoms with Gasteiger partial charge in [-0.25, -0.2) is 0 Å². The van der Waals surface area contributed by atoms with E-state index in [1.54, 1.807) is 11.3 Å². The van der Waals surface area contributed by atoms with Crippen molar-refractivity contribution in [2.45, 2.75) is 47.0 Å². The van der Waals surface area contributed by atoms with Crippen LogP contribution < -0.4 is 0 Å². The summed E-state index contributed by atoms with van der Waals surface area (Å²) >= 11 is 1.56. The van der Waals surface area contributed by atoms with Gasteiger partial charge in [0.2, 0.25) is 0 Å². The second kappa shape index (κ2) is 3.75. The highest BCUT2D eigenvalue weighted by molar-refractivity contribution is 7.12. The third-order valence-corrected chi connectivity index (χ3v) is 3.30. The number of ketones is 1. The summed E-state index contributed by atoms with van der Waals surface area (Å²) < 4.78 is 0. The summed E-state index contributed by atoms with van der Waals surface area (Å²) in [4.78, 5) is 12.9. The van der Waals surface area contributed by atoms with Gasteiger partial charge in [-0.15, -0.1) is 11.3 Å². The Bertz CT molecular complexity index is 361. The fourth-order valence-electron chi connectivity index (χ4n) is 1.22. The molecule has 0 spiro atoms. The molecule has 0 aliphatic heterocycles. The molecule has 0 N–H and O–H groups in total. The molecule has 2 heteroatoms. The average molecular weight is 224 g/mol. The zero-order valence-corrected chi connectivity index (χ0v) is 11.3. The van der Waals surface area contributed by atoms with Crippen LogP contribution >= 0.6 is 11.3 Å². The molecule has 1 heterocycles. The molecular weight excluding hydrogens is 204 g/mol. The number of Topliss-reactive ketones (excluding diaryl/α,β-unsaturated/α-hetero) is 1. The van der Waals surface area contributed by atoms with Crippen LogP contribution in [0.1, 0.15) is 56.8 Å². The molecule has 0 saturated heterocycles. The van der Waals surface area contributed by atoms with Crippen LogP contribution in [0, 0.1) is 5.41 Å². The number of carbonyl (C=O) groups is 1. The highest BCUT2D eigenvalue weighted by Crippen LogP contribution is 2.30. The molecule has 15 heavy (non-hydrogen) atoms. The number of thiophene rings is 1. The van der Waals surface area contributed by atoms with Crippen molar-refractivity contribution in [1.29, 1.82) is 0 Å². The Labute approximate surface area is 96.5 Å². The summed E-state index contributed by atoms with van der Waals surface area (Å²) in [6.07, 6.45) is 0. The van der Waals surface area contributed by atoms with Gasteiger partial charge < -0.3 is 0 Å². The predicted molar refractivity (Wildman–Crippen MR) is 66.8 cm³/mol. The molecule has 1 nitrogen and oxygen atoms in total. The van der Waals surface area contributed by atoms with Crippen LogP contribution in [0.15, 0.2) is 11.4 Å². The maximum absolute atomic E-state index is 12.0. The van der Waals surface area contributed by atoms with Gasteiger partial charge in [0.15, 0.2) is 5.78 Å². The van der Waals surface area contributed by atoms with Crippen molar-refractivity contribution < 1.29 is 4.79 Å². The van der Waals surface area contributed by atoms with Gasteiger partial charge >= 0.3 is 0 Å². The predicted octanol–water partition coefficient (Wildman–Crippen LogP) is 4.27. The molecule has 0 aliphatic carbocycles. The average Bonchev–Trinajstić information content (AvgIpc) is 2.47. The lowest BCUT2D eigenvalue weighted by molar-refractivity contribution is 0.0862. The Kier molecular flexibility index (Phi) is 3.11. The van der Waals surface area contributed by atoms with Crippen LogP contribution in [0.3, 0.4) is 0 Å². The highest BCUT2D eigenvalue weighted by atomic mass is 32.1. The first-order valence-corrected chi connectivity index (χ1v) is 6.14. The molecule has 0 aromatic carbocycles. The van der Waals surface area contributed by atoms with E-state index in [-0.39, 0.29) is 16.6 Å². The van der Waals surface area contributed by atoms with E-state index < -0.39 is 0 Å². The SMILES string of the molecule is CC(C)(C)C(=O)c1cc(C(C)(C)C)cs1. The molecule has 84 valence electrons. The van der Waals surface area contributed by atoms with E-state index in [4.69, 9.17) is 0 Å². The molecule has 1 rings (SSSR count). The summed E-state index contributed by atoms with van der Waals surface area (Å²) in [6, 6.07) is 2.04. The van der Waals surface area contributed by atoms with Gasteiger partial charge in [0, 0.05) is 5.41 Å². The monoisotopic (exact) mass is 224 g/mol. The van der Waals surface area contributed by atoms with Crippen LogP contribution in [-0.2, 0) is 5.41 Å². The molecular formula is C13H20OS. The number of hydrogen-bond acceptors (Lipinski definition) is 2. The fraction of sp³-hybridized carbons (Fsp3) is 0.615. The second-order valence-corrected chi connectivity index (χ2v) is 6.94. The maximum Gasteiger partial charge on any atom is 0.178 e. The van der Waals surface area contributed by atoms with Gasteiger partial charge in [-0.2, -0.15) is 0 Å². The molecule has 0 bridgehead atoms. The molecule has 0 saturated carbocycles. The third-order valence-electron chi connectivity index (χ3n) is 2.37. The molecule has 1 aromatic rings. The third kappa shape index (κ3) is 2.91. The van der Waals surface area contributed by atoms with Crippen molar-refractivity contribution in [3.63, 3.8) is 0 Å².